The second-order valence-electron chi connectivity index (χ2n) is 7.95. The first kappa shape index (κ1) is 23.8. The molecule has 2 heterocycles. The molecule has 3 N–H and O–H groups in total. The zero-order chi connectivity index (χ0) is 24.0. The zero-order valence-corrected chi connectivity index (χ0v) is 19.4. The lowest BCUT2D eigenvalue weighted by Gasteiger charge is -2.19. The highest BCUT2D eigenvalue weighted by Crippen LogP contribution is 2.33. The fourth-order valence-corrected chi connectivity index (χ4v) is 2.90. The Hall–Kier alpha value is -3.85. The van der Waals surface area contributed by atoms with Crippen LogP contribution in [0.15, 0.2) is 54.9 Å². The molecule has 3 rings (SSSR count). The SMILES string of the molecule is CNC(=O)c1cccnc1Nc1ccc(Oc2ccnc(OC(=O)NC(C)(C)C)c2)c(Cl)c1. The largest absolute Gasteiger partial charge is 0.456 e. The minimum absolute atomic E-state index is 0.0838. The minimum Gasteiger partial charge on any atom is -0.456 e. The van der Waals surface area contributed by atoms with E-state index >= 15 is 0 Å². The molecular formula is C23H24ClN5O4. The molecule has 172 valence electrons. The molecule has 1 aromatic carbocycles. The summed E-state index contributed by atoms with van der Waals surface area (Å²) < 4.78 is 11.0. The molecule has 0 bridgehead atoms. The van der Waals surface area contributed by atoms with E-state index in [9.17, 15) is 9.59 Å². The summed E-state index contributed by atoms with van der Waals surface area (Å²) in [5, 5.41) is 8.67. The smallest absolute Gasteiger partial charge is 0.414 e. The molecule has 0 saturated carbocycles. The molecule has 33 heavy (non-hydrogen) atoms. The van der Waals surface area contributed by atoms with Crippen LogP contribution in [0.5, 0.6) is 17.4 Å². The number of amides is 2. The number of aromatic nitrogens is 2. The maximum atomic E-state index is 12.0. The molecule has 2 aromatic heterocycles. The van der Waals surface area contributed by atoms with E-state index in [1.807, 2.05) is 20.8 Å². The lowest BCUT2D eigenvalue weighted by Crippen LogP contribution is -2.42. The van der Waals surface area contributed by atoms with Gasteiger partial charge in [0.05, 0.1) is 10.6 Å². The van der Waals surface area contributed by atoms with E-state index < -0.39 is 11.6 Å². The van der Waals surface area contributed by atoms with Crippen molar-refractivity contribution < 1.29 is 19.1 Å². The number of ether oxygens (including phenoxy) is 2. The van der Waals surface area contributed by atoms with Crippen molar-refractivity contribution in [2.45, 2.75) is 26.3 Å². The maximum Gasteiger partial charge on any atom is 0.414 e. The van der Waals surface area contributed by atoms with Gasteiger partial charge in [0, 0.05) is 36.7 Å². The van der Waals surface area contributed by atoms with Crippen LogP contribution in [0.3, 0.4) is 0 Å². The van der Waals surface area contributed by atoms with E-state index in [0.717, 1.165) is 0 Å². The Morgan fingerprint density at radius 1 is 1.03 bits per heavy atom. The molecule has 0 spiro atoms. The summed E-state index contributed by atoms with van der Waals surface area (Å²) in [6, 6.07) is 11.5. The van der Waals surface area contributed by atoms with Gasteiger partial charge in [0.1, 0.15) is 17.3 Å². The molecule has 0 saturated heterocycles. The minimum atomic E-state index is -0.619. The standard InChI is InChI=1S/C23H24ClN5O4/c1-23(2,3)29-22(31)33-19-13-15(9-11-26-19)32-18-8-7-14(12-17(18)24)28-20-16(21(30)25-4)6-5-10-27-20/h5-13H,1-4H3,(H,25,30)(H,27,28)(H,29,31). The van der Waals surface area contributed by atoms with Gasteiger partial charge >= 0.3 is 6.09 Å². The summed E-state index contributed by atoms with van der Waals surface area (Å²) in [6.07, 6.45) is 2.42. The second kappa shape index (κ2) is 10.2. The van der Waals surface area contributed by atoms with Crippen molar-refractivity contribution in [2.75, 3.05) is 12.4 Å². The van der Waals surface area contributed by atoms with Crippen molar-refractivity contribution in [1.82, 2.24) is 20.6 Å². The number of nitrogens with zero attached hydrogens (tertiary/aromatic N) is 2. The van der Waals surface area contributed by atoms with Gasteiger partial charge in [-0.15, -0.1) is 0 Å². The topological polar surface area (TPSA) is 114 Å². The Balaban J connectivity index is 1.72. The molecule has 0 aliphatic rings. The average Bonchev–Trinajstić information content (AvgIpc) is 2.74. The van der Waals surface area contributed by atoms with Gasteiger partial charge in [-0.05, 0) is 57.2 Å². The van der Waals surface area contributed by atoms with Crippen LogP contribution in [0.4, 0.5) is 16.3 Å². The predicted octanol–water partition coefficient (Wildman–Crippen LogP) is 4.91. The van der Waals surface area contributed by atoms with Crippen molar-refractivity contribution in [2.24, 2.45) is 0 Å². The van der Waals surface area contributed by atoms with Gasteiger partial charge in [-0.2, -0.15) is 0 Å². The average molecular weight is 470 g/mol. The van der Waals surface area contributed by atoms with Gasteiger partial charge in [-0.1, -0.05) is 11.6 Å². The summed E-state index contributed by atoms with van der Waals surface area (Å²) >= 11 is 6.40. The van der Waals surface area contributed by atoms with E-state index in [2.05, 4.69) is 25.9 Å². The normalized spacial score (nSPS) is 10.8. The number of hydrogen-bond acceptors (Lipinski definition) is 7. The zero-order valence-electron chi connectivity index (χ0n) is 18.6. The molecule has 0 fully saturated rings. The molecule has 10 heteroatoms. The van der Waals surface area contributed by atoms with Crippen molar-refractivity contribution in [3.05, 3.63) is 65.4 Å². The third-order valence-corrected chi connectivity index (χ3v) is 4.38. The van der Waals surface area contributed by atoms with E-state index in [0.29, 0.717) is 33.6 Å². The third-order valence-electron chi connectivity index (χ3n) is 4.08. The van der Waals surface area contributed by atoms with Crippen LogP contribution in [0.25, 0.3) is 0 Å². The van der Waals surface area contributed by atoms with Crippen LogP contribution >= 0.6 is 11.6 Å². The highest BCUT2D eigenvalue weighted by atomic mass is 35.5. The van der Waals surface area contributed by atoms with Crippen molar-refractivity contribution in [1.29, 1.82) is 0 Å². The van der Waals surface area contributed by atoms with Gasteiger partial charge in [0.2, 0.25) is 5.88 Å². The van der Waals surface area contributed by atoms with Crippen LogP contribution in [-0.4, -0.2) is 34.6 Å². The number of pyridine rings is 2. The highest BCUT2D eigenvalue weighted by molar-refractivity contribution is 6.32. The Bertz CT molecular complexity index is 1160. The van der Waals surface area contributed by atoms with Gasteiger partial charge < -0.3 is 25.4 Å². The van der Waals surface area contributed by atoms with Crippen LogP contribution in [0, 0.1) is 0 Å². The number of nitrogens with one attached hydrogen (secondary N) is 3. The maximum absolute atomic E-state index is 12.0. The first-order valence-corrected chi connectivity index (χ1v) is 10.4. The lowest BCUT2D eigenvalue weighted by atomic mass is 10.1. The summed E-state index contributed by atoms with van der Waals surface area (Å²) in [6.45, 7) is 5.53. The number of carbonyl (C=O) groups is 2. The molecule has 3 aromatic rings. The van der Waals surface area contributed by atoms with E-state index in [4.69, 9.17) is 21.1 Å². The monoisotopic (exact) mass is 469 g/mol. The quantitative estimate of drug-likeness (QED) is 0.469. The number of rotatable bonds is 6. The Labute approximate surface area is 196 Å². The molecule has 0 aliphatic heterocycles. The van der Waals surface area contributed by atoms with Gasteiger partial charge in [-0.25, -0.2) is 14.8 Å². The second-order valence-corrected chi connectivity index (χ2v) is 8.35. The summed E-state index contributed by atoms with van der Waals surface area (Å²) in [7, 11) is 1.55. The van der Waals surface area contributed by atoms with Crippen molar-refractivity contribution in [3.8, 4) is 17.4 Å². The molecule has 9 nitrogen and oxygen atoms in total. The fourth-order valence-electron chi connectivity index (χ4n) is 2.69. The van der Waals surface area contributed by atoms with E-state index in [-0.39, 0.29) is 11.8 Å². The summed E-state index contributed by atoms with van der Waals surface area (Å²) in [5.74, 6) is 0.985. The molecule has 0 atom stereocenters. The first-order valence-electron chi connectivity index (χ1n) is 10.0. The molecule has 0 unspecified atom stereocenters. The van der Waals surface area contributed by atoms with Gasteiger partial charge in [-0.3, -0.25) is 4.79 Å². The Morgan fingerprint density at radius 2 is 1.82 bits per heavy atom. The highest BCUT2D eigenvalue weighted by Gasteiger charge is 2.16. The number of benzene rings is 1. The summed E-state index contributed by atoms with van der Waals surface area (Å²) in [4.78, 5) is 32.2. The van der Waals surface area contributed by atoms with Crippen LogP contribution in [-0.2, 0) is 0 Å². The molecule has 2 amide bonds. The van der Waals surface area contributed by atoms with Crippen molar-refractivity contribution in [3.63, 3.8) is 0 Å². The number of halogens is 1. The van der Waals surface area contributed by atoms with Gasteiger partial charge in [0.15, 0.2) is 0 Å². The third kappa shape index (κ3) is 6.81. The Kier molecular flexibility index (Phi) is 7.34. The van der Waals surface area contributed by atoms with Crippen LogP contribution < -0.4 is 25.4 Å². The van der Waals surface area contributed by atoms with Crippen LogP contribution in [0.1, 0.15) is 31.1 Å². The lowest BCUT2D eigenvalue weighted by molar-refractivity contribution is 0.0963. The molecular weight excluding hydrogens is 446 g/mol. The molecule has 0 aliphatic carbocycles. The number of carbonyl (C=O) groups excluding carboxylic acids is 2. The van der Waals surface area contributed by atoms with E-state index in [1.165, 1.54) is 12.3 Å². The predicted molar refractivity (Wildman–Crippen MR) is 126 cm³/mol. The van der Waals surface area contributed by atoms with E-state index in [1.54, 1.807) is 49.6 Å². The van der Waals surface area contributed by atoms with Crippen molar-refractivity contribution >= 4 is 35.1 Å². The number of anilines is 2. The van der Waals surface area contributed by atoms with Crippen LogP contribution in [0.2, 0.25) is 5.02 Å². The molecule has 0 radical (unpaired) electrons. The fraction of sp³-hybridized carbons (Fsp3) is 0.217. The number of hydrogen-bond donors (Lipinski definition) is 3. The summed E-state index contributed by atoms with van der Waals surface area (Å²) in [5.41, 5.74) is 0.579. The first-order chi connectivity index (χ1) is 15.6. The Morgan fingerprint density at radius 3 is 2.52 bits per heavy atom. The van der Waals surface area contributed by atoms with Gasteiger partial charge in [0.25, 0.3) is 5.91 Å².